The van der Waals surface area contributed by atoms with E-state index >= 15 is 0 Å². The van der Waals surface area contributed by atoms with Crippen LogP contribution in [0.1, 0.15) is 24.3 Å². The van der Waals surface area contributed by atoms with Crippen molar-refractivity contribution in [3.63, 3.8) is 0 Å². The highest BCUT2D eigenvalue weighted by molar-refractivity contribution is 7.10. The Hall–Kier alpha value is -0.900. The lowest BCUT2D eigenvalue weighted by molar-refractivity contribution is 0.0802. The average molecular weight is 310 g/mol. The van der Waals surface area contributed by atoms with Crippen LogP contribution in [0.15, 0.2) is 11.4 Å². The van der Waals surface area contributed by atoms with Crippen LogP contribution in [-0.4, -0.2) is 51.0 Å². The lowest BCUT2D eigenvalue weighted by Crippen LogP contribution is -2.30. The fourth-order valence-corrected chi connectivity index (χ4v) is 2.74. The summed E-state index contributed by atoms with van der Waals surface area (Å²) in [4.78, 5) is 3.63. The Morgan fingerprint density at radius 2 is 1.86 bits per heavy atom. The zero-order valence-corrected chi connectivity index (χ0v) is 13.9. The zero-order chi connectivity index (χ0) is 15.3. The number of hydrogen-bond acceptors (Lipinski definition) is 5. The highest BCUT2D eigenvalue weighted by Gasteiger charge is 2.10. The second kappa shape index (κ2) is 11.7. The molecule has 0 amide bonds. The van der Waals surface area contributed by atoms with E-state index < -0.39 is 0 Å². The van der Waals surface area contributed by atoms with Crippen LogP contribution < -0.4 is 5.73 Å². The van der Waals surface area contributed by atoms with E-state index in [1.807, 2.05) is 13.8 Å². The Morgan fingerprint density at radius 1 is 1.19 bits per heavy atom. The normalized spacial score (nSPS) is 10.7. The molecule has 1 aromatic rings. The fourth-order valence-electron chi connectivity index (χ4n) is 1.87. The van der Waals surface area contributed by atoms with Crippen LogP contribution in [0.25, 0.3) is 0 Å². The molecule has 21 heavy (non-hydrogen) atoms. The van der Waals surface area contributed by atoms with Crippen LogP contribution >= 0.6 is 11.3 Å². The summed E-state index contributed by atoms with van der Waals surface area (Å²) in [7, 11) is 0. The first-order chi connectivity index (χ1) is 10.3. The smallest absolute Gasteiger partial charge is 0.0593 e. The van der Waals surface area contributed by atoms with Gasteiger partial charge in [-0.05, 0) is 25.3 Å². The quantitative estimate of drug-likeness (QED) is 0.530. The first-order valence-corrected chi connectivity index (χ1v) is 8.32. The molecular formula is C16H26N2O2S. The van der Waals surface area contributed by atoms with E-state index in [4.69, 9.17) is 15.2 Å². The van der Waals surface area contributed by atoms with Gasteiger partial charge in [-0.25, -0.2) is 0 Å². The highest BCUT2D eigenvalue weighted by Crippen LogP contribution is 2.18. The van der Waals surface area contributed by atoms with Gasteiger partial charge in [0.2, 0.25) is 0 Å². The predicted molar refractivity (Wildman–Crippen MR) is 88.5 cm³/mol. The van der Waals surface area contributed by atoms with Crippen molar-refractivity contribution >= 4 is 11.3 Å². The highest BCUT2D eigenvalue weighted by atomic mass is 32.1. The van der Waals surface area contributed by atoms with Gasteiger partial charge in [-0.2, -0.15) is 0 Å². The SMILES string of the molecule is CCOCCN(CCOCC)Cc1sccc1C#CCN. The monoisotopic (exact) mass is 310 g/mol. The molecule has 0 fully saturated rings. The standard InChI is InChI=1S/C16H26N2O2S/c1-3-19-11-9-18(10-12-20-4-2)14-16-15(6-5-8-17)7-13-21-16/h7,13H,3-4,8-12,14,17H2,1-2H3. The van der Waals surface area contributed by atoms with Gasteiger partial charge in [0.1, 0.15) is 0 Å². The van der Waals surface area contributed by atoms with Gasteiger partial charge < -0.3 is 15.2 Å². The van der Waals surface area contributed by atoms with E-state index in [2.05, 4.69) is 28.2 Å². The van der Waals surface area contributed by atoms with E-state index in [0.29, 0.717) is 6.54 Å². The fraction of sp³-hybridized carbons (Fsp3) is 0.625. The maximum absolute atomic E-state index is 5.46. The van der Waals surface area contributed by atoms with Gasteiger partial charge in [-0.15, -0.1) is 11.3 Å². The molecule has 1 heterocycles. The molecule has 2 N–H and O–H groups in total. The molecule has 0 unspecified atom stereocenters. The topological polar surface area (TPSA) is 47.7 Å². The molecule has 0 saturated carbocycles. The van der Waals surface area contributed by atoms with Gasteiger partial charge in [0, 0.05) is 43.3 Å². The molecule has 118 valence electrons. The second-order valence-electron chi connectivity index (χ2n) is 4.43. The summed E-state index contributed by atoms with van der Waals surface area (Å²) in [5.41, 5.74) is 6.53. The van der Waals surface area contributed by atoms with Crippen molar-refractivity contribution in [1.82, 2.24) is 4.90 Å². The van der Waals surface area contributed by atoms with Crippen LogP contribution in [-0.2, 0) is 16.0 Å². The first kappa shape index (κ1) is 18.1. The number of hydrogen-bond donors (Lipinski definition) is 1. The molecule has 0 aromatic carbocycles. The Morgan fingerprint density at radius 3 is 2.43 bits per heavy atom. The van der Waals surface area contributed by atoms with Gasteiger partial charge in [0.25, 0.3) is 0 Å². The third-order valence-electron chi connectivity index (χ3n) is 2.95. The summed E-state index contributed by atoms with van der Waals surface area (Å²) >= 11 is 1.74. The van der Waals surface area contributed by atoms with E-state index in [9.17, 15) is 0 Å². The maximum atomic E-state index is 5.46. The van der Waals surface area contributed by atoms with Crippen molar-refractivity contribution in [3.8, 4) is 11.8 Å². The summed E-state index contributed by atoms with van der Waals surface area (Å²) in [5, 5.41) is 2.08. The number of rotatable bonds is 10. The molecule has 0 aliphatic heterocycles. The lowest BCUT2D eigenvalue weighted by Gasteiger charge is -2.21. The number of nitrogens with zero attached hydrogens (tertiary/aromatic N) is 1. The van der Waals surface area contributed by atoms with Crippen LogP contribution in [0, 0.1) is 11.8 Å². The molecular weight excluding hydrogens is 284 g/mol. The summed E-state index contributed by atoms with van der Waals surface area (Å²) in [6.07, 6.45) is 0. The maximum Gasteiger partial charge on any atom is 0.0593 e. The minimum atomic E-state index is 0.397. The van der Waals surface area contributed by atoms with E-state index in [1.54, 1.807) is 11.3 Å². The third kappa shape index (κ3) is 7.60. The largest absolute Gasteiger partial charge is 0.380 e. The molecule has 0 aliphatic rings. The van der Waals surface area contributed by atoms with Crippen LogP contribution in [0.3, 0.4) is 0 Å². The second-order valence-corrected chi connectivity index (χ2v) is 5.43. The van der Waals surface area contributed by atoms with Crippen LogP contribution in [0.2, 0.25) is 0 Å². The van der Waals surface area contributed by atoms with Crippen molar-refractivity contribution in [1.29, 1.82) is 0 Å². The first-order valence-electron chi connectivity index (χ1n) is 7.44. The van der Waals surface area contributed by atoms with E-state index in [0.717, 1.165) is 51.6 Å². The molecule has 4 nitrogen and oxygen atoms in total. The third-order valence-corrected chi connectivity index (χ3v) is 3.86. The summed E-state index contributed by atoms with van der Waals surface area (Å²) < 4.78 is 10.9. The Balaban J connectivity index is 2.59. The average Bonchev–Trinajstić information content (AvgIpc) is 2.92. The number of thiophene rings is 1. The van der Waals surface area contributed by atoms with Gasteiger partial charge in [0.15, 0.2) is 0 Å². The van der Waals surface area contributed by atoms with Gasteiger partial charge in [0.05, 0.1) is 19.8 Å². The van der Waals surface area contributed by atoms with E-state index in [1.165, 1.54) is 4.88 Å². The molecule has 1 aromatic heterocycles. The minimum Gasteiger partial charge on any atom is -0.380 e. The van der Waals surface area contributed by atoms with Gasteiger partial charge >= 0.3 is 0 Å². The lowest BCUT2D eigenvalue weighted by atomic mass is 10.2. The molecule has 5 heteroatoms. The zero-order valence-electron chi connectivity index (χ0n) is 13.1. The summed E-state index contributed by atoms with van der Waals surface area (Å²) in [6.45, 7) is 10.1. The molecule has 1 rings (SSSR count). The van der Waals surface area contributed by atoms with Gasteiger partial charge in [-0.3, -0.25) is 4.90 Å². The van der Waals surface area contributed by atoms with Crippen molar-refractivity contribution in [3.05, 3.63) is 21.9 Å². The predicted octanol–water partition coefficient (Wildman–Crippen LogP) is 1.93. The van der Waals surface area contributed by atoms with Crippen LogP contribution in [0.5, 0.6) is 0 Å². The van der Waals surface area contributed by atoms with Crippen LogP contribution in [0.4, 0.5) is 0 Å². The number of ether oxygens (including phenoxy) is 2. The molecule has 0 spiro atoms. The minimum absolute atomic E-state index is 0.397. The van der Waals surface area contributed by atoms with Crippen molar-refractivity contribution in [2.24, 2.45) is 5.73 Å². The Kier molecular flexibility index (Phi) is 10.1. The Bertz CT molecular complexity index is 427. The molecule has 0 radical (unpaired) electrons. The summed E-state index contributed by atoms with van der Waals surface area (Å²) in [5.74, 6) is 6.06. The van der Waals surface area contributed by atoms with Crippen molar-refractivity contribution in [2.75, 3.05) is 46.1 Å². The Labute approximate surface area is 132 Å². The molecule has 0 saturated heterocycles. The molecule has 0 bridgehead atoms. The summed E-state index contributed by atoms with van der Waals surface area (Å²) in [6, 6.07) is 2.06. The molecule has 0 aliphatic carbocycles. The van der Waals surface area contributed by atoms with Crippen molar-refractivity contribution < 1.29 is 9.47 Å². The van der Waals surface area contributed by atoms with Crippen molar-refractivity contribution in [2.45, 2.75) is 20.4 Å². The molecule has 0 atom stereocenters. The van der Waals surface area contributed by atoms with E-state index in [-0.39, 0.29) is 0 Å². The number of nitrogens with two attached hydrogens (primary N) is 1. The van der Waals surface area contributed by atoms with Gasteiger partial charge in [-0.1, -0.05) is 11.8 Å².